The summed E-state index contributed by atoms with van der Waals surface area (Å²) in [5, 5.41) is 13.8. The van der Waals surface area contributed by atoms with E-state index in [1.54, 1.807) is 7.11 Å². The molecule has 0 amide bonds. The van der Waals surface area contributed by atoms with Gasteiger partial charge in [-0.2, -0.15) is 0 Å². The van der Waals surface area contributed by atoms with Crippen molar-refractivity contribution >= 4 is 0 Å². The smallest absolute Gasteiger partial charge is 0.0992 e. The minimum absolute atomic E-state index is 0.169. The standard InChI is InChI=1S/C16H27NO2/c1-15(2,10-11-19-4)12-17-13-16(3,18)14-8-6-5-7-9-14/h5-9,17-18H,10-13H2,1-4H3. The number of nitrogens with one attached hydrogen (secondary N) is 1. The Morgan fingerprint density at radius 2 is 1.74 bits per heavy atom. The third-order valence-electron chi connectivity index (χ3n) is 3.45. The summed E-state index contributed by atoms with van der Waals surface area (Å²) in [5.41, 5.74) is 0.277. The van der Waals surface area contributed by atoms with Crippen molar-refractivity contribution in [3.8, 4) is 0 Å². The normalized spacial score (nSPS) is 15.2. The molecule has 0 fully saturated rings. The summed E-state index contributed by atoms with van der Waals surface area (Å²) in [6.45, 7) is 8.43. The molecule has 0 radical (unpaired) electrons. The minimum Gasteiger partial charge on any atom is -0.385 e. The number of hydrogen-bond acceptors (Lipinski definition) is 3. The van der Waals surface area contributed by atoms with E-state index in [1.165, 1.54) is 0 Å². The van der Waals surface area contributed by atoms with Crippen LogP contribution in [-0.4, -0.2) is 31.9 Å². The molecule has 1 rings (SSSR count). The number of methoxy groups -OCH3 is 1. The lowest BCUT2D eigenvalue weighted by atomic mass is 9.89. The van der Waals surface area contributed by atoms with E-state index in [2.05, 4.69) is 19.2 Å². The summed E-state index contributed by atoms with van der Waals surface area (Å²) in [4.78, 5) is 0. The number of hydrogen-bond donors (Lipinski definition) is 2. The molecule has 0 bridgehead atoms. The lowest BCUT2D eigenvalue weighted by molar-refractivity contribution is 0.0530. The molecule has 3 heteroatoms. The second kappa shape index (κ2) is 7.04. The molecule has 1 aromatic carbocycles. The van der Waals surface area contributed by atoms with Crippen LogP contribution in [0.4, 0.5) is 0 Å². The molecule has 2 N–H and O–H groups in total. The zero-order valence-corrected chi connectivity index (χ0v) is 12.6. The SMILES string of the molecule is COCCC(C)(C)CNCC(C)(O)c1ccccc1. The van der Waals surface area contributed by atoms with Crippen LogP contribution in [0.1, 0.15) is 32.8 Å². The Bertz CT molecular complexity index is 360. The van der Waals surface area contributed by atoms with E-state index in [9.17, 15) is 5.11 Å². The van der Waals surface area contributed by atoms with Gasteiger partial charge < -0.3 is 15.2 Å². The van der Waals surface area contributed by atoms with Gasteiger partial charge in [-0.15, -0.1) is 0 Å². The summed E-state index contributed by atoms with van der Waals surface area (Å²) in [5.74, 6) is 0. The third kappa shape index (κ3) is 5.72. The van der Waals surface area contributed by atoms with E-state index in [0.717, 1.165) is 25.1 Å². The first-order chi connectivity index (χ1) is 8.87. The summed E-state index contributed by atoms with van der Waals surface area (Å²) in [6.07, 6.45) is 1.00. The molecule has 1 unspecified atom stereocenters. The van der Waals surface area contributed by atoms with Gasteiger partial charge in [0.2, 0.25) is 0 Å². The van der Waals surface area contributed by atoms with Crippen LogP contribution in [0.15, 0.2) is 30.3 Å². The van der Waals surface area contributed by atoms with Gasteiger partial charge in [0.25, 0.3) is 0 Å². The maximum Gasteiger partial charge on any atom is 0.0992 e. The average Bonchev–Trinajstić information content (AvgIpc) is 2.37. The van der Waals surface area contributed by atoms with Crippen LogP contribution in [0.2, 0.25) is 0 Å². The van der Waals surface area contributed by atoms with Crippen LogP contribution < -0.4 is 5.32 Å². The molecule has 0 saturated carbocycles. The quantitative estimate of drug-likeness (QED) is 0.759. The Morgan fingerprint density at radius 3 is 2.32 bits per heavy atom. The van der Waals surface area contributed by atoms with E-state index < -0.39 is 5.60 Å². The molecule has 1 aromatic rings. The van der Waals surface area contributed by atoms with Gasteiger partial charge in [0.1, 0.15) is 0 Å². The van der Waals surface area contributed by atoms with Crippen molar-refractivity contribution in [2.24, 2.45) is 5.41 Å². The van der Waals surface area contributed by atoms with Crippen LogP contribution in [-0.2, 0) is 10.3 Å². The predicted molar refractivity (Wildman–Crippen MR) is 79.2 cm³/mol. The Kier molecular flexibility index (Phi) is 5.98. The summed E-state index contributed by atoms with van der Waals surface area (Å²) >= 11 is 0. The zero-order chi connectivity index (χ0) is 14.4. The summed E-state index contributed by atoms with van der Waals surface area (Å²) in [6, 6.07) is 9.77. The molecule has 0 spiro atoms. The van der Waals surface area contributed by atoms with Crippen LogP contribution >= 0.6 is 0 Å². The average molecular weight is 265 g/mol. The molecular weight excluding hydrogens is 238 g/mol. The van der Waals surface area contributed by atoms with E-state index in [-0.39, 0.29) is 5.41 Å². The molecule has 3 nitrogen and oxygen atoms in total. The van der Waals surface area contributed by atoms with Crippen molar-refractivity contribution in [1.29, 1.82) is 0 Å². The maximum atomic E-state index is 10.5. The second-order valence-electron chi connectivity index (χ2n) is 6.15. The molecule has 108 valence electrons. The molecule has 0 heterocycles. The highest BCUT2D eigenvalue weighted by Gasteiger charge is 2.24. The summed E-state index contributed by atoms with van der Waals surface area (Å²) < 4.78 is 5.12. The number of aliphatic hydroxyl groups is 1. The minimum atomic E-state index is -0.835. The largest absolute Gasteiger partial charge is 0.385 e. The third-order valence-corrected chi connectivity index (χ3v) is 3.45. The maximum absolute atomic E-state index is 10.5. The van der Waals surface area contributed by atoms with Gasteiger partial charge in [0, 0.05) is 26.8 Å². The van der Waals surface area contributed by atoms with Crippen molar-refractivity contribution < 1.29 is 9.84 Å². The molecular formula is C16H27NO2. The fourth-order valence-electron chi connectivity index (χ4n) is 2.01. The fourth-order valence-corrected chi connectivity index (χ4v) is 2.01. The number of rotatable bonds is 8. The Labute approximate surface area is 117 Å². The van der Waals surface area contributed by atoms with Gasteiger partial charge in [-0.05, 0) is 24.3 Å². The van der Waals surface area contributed by atoms with Crippen molar-refractivity contribution in [2.75, 3.05) is 26.8 Å². The number of ether oxygens (including phenoxy) is 1. The van der Waals surface area contributed by atoms with E-state index >= 15 is 0 Å². The lowest BCUT2D eigenvalue weighted by Gasteiger charge is -2.29. The van der Waals surface area contributed by atoms with E-state index in [4.69, 9.17) is 4.74 Å². The Balaban J connectivity index is 2.44. The zero-order valence-electron chi connectivity index (χ0n) is 12.6. The second-order valence-corrected chi connectivity index (χ2v) is 6.15. The molecule has 0 aliphatic carbocycles. The van der Waals surface area contributed by atoms with Gasteiger partial charge in [0.15, 0.2) is 0 Å². The first-order valence-electron chi connectivity index (χ1n) is 6.85. The van der Waals surface area contributed by atoms with Crippen molar-refractivity contribution in [3.05, 3.63) is 35.9 Å². The highest BCUT2D eigenvalue weighted by atomic mass is 16.5. The van der Waals surface area contributed by atoms with Crippen molar-refractivity contribution in [2.45, 2.75) is 32.8 Å². The molecule has 0 saturated heterocycles. The molecule has 19 heavy (non-hydrogen) atoms. The number of benzene rings is 1. The van der Waals surface area contributed by atoms with Crippen molar-refractivity contribution in [1.82, 2.24) is 5.32 Å². The first-order valence-corrected chi connectivity index (χ1v) is 6.85. The summed E-state index contributed by atoms with van der Waals surface area (Å²) in [7, 11) is 1.73. The predicted octanol–water partition coefficient (Wildman–Crippen LogP) is 2.55. The first kappa shape index (κ1) is 16.2. The van der Waals surface area contributed by atoms with Crippen LogP contribution in [0.3, 0.4) is 0 Å². The Hall–Kier alpha value is -0.900. The topological polar surface area (TPSA) is 41.5 Å². The molecule has 0 aliphatic rings. The van der Waals surface area contributed by atoms with Crippen molar-refractivity contribution in [3.63, 3.8) is 0 Å². The Morgan fingerprint density at radius 1 is 1.11 bits per heavy atom. The highest BCUT2D eigenvalue weighted by Crippen LogP contribution is 2.21. The monoisotopic (exact) mass is 265 g/mol. The van der Waals surface area contributed by atoms with Crippen LogP contribution in [0, 0.1) is 5.41 Å². The van der Waals surface area contributed by atoms with E-state index in [0.29, 0.717) is 6.54 Å². The van der Waals surface area contributed by atoms with Gasteiger partial charge in [0.05, 0.1) is 5.60 Å². The van der Waals surface area contributed by atoms with Gasteiger partial charge >= 0.3 is 0 Å². The van der Waals surface area contributed by atoms with Crippen LogP contribution in [0.25, 0.3) is 0 Å². The lowest BCUT2D eigenvalue weighted by Crippen LogP contribution is -2.40. The highest BCUT2D eigenvalue weighted by molar-refractivity contribution is 5.21. The van der Waals surface area contributed by atoms with Gasteiger partial charge in [-0.25, -0.2) is 0 Å². The van der Waals surface area contributed by atoms with E-state index in [1.807, 2.05) is 37.3 Å². The molecule has 1 atom stereocenters. The van der Waals surface area contributed by atoms with Gasteiger partial charge in [-0.3, -0.25) is 0 Å². The fraction of sp³-hybridized carbons (Fsp3) is 0.625. The molecule has 0 aliphatic heterocycles. The van der Waals surface area contributed by atoms with Gasteiger partial charge in [-0.1, -0.05) is 44.2 Å². The van der Waals surface area contributed by atoms with Crippen LogP contribution in [0.5, 0.6) is 0 Å². The molecule has 0 aromatic heterocycles.